The molecule has 0 aromatic rings. The highest BCUT2D eigenvalue weighted by Crippen LogP contribution is 1.90. The Balaban J connectivity index is 2.20. The summed E-state index contributed by atoms with van der Waals surface area (Å²) in [7, 11) is -0.756. The molecule has 5 heteroatoms. The molecule has 0 saturated heterocycles. The van der Waals surface area contributed by atoms with E-state index in [9.17, 15) is 4.21 Å². The molecule has 1 aliphatic rings. The van der Waals surface area contributed by atoms with Gasteiger partial charge >= 0.3 is 0 Å². The van der Waals surface area contributed by atoms with E-state index >= 15 is 0 Å². The van der Waals surface area contributed by atoms with Gasteiger partial charge in [0.2, 0.25) is 0 Å². The van der Waals surface area contributed by atoms with Crippen molar-refractivity contribution in [2.45, 2.75) is 12.2 Å². The van der Waals surface area contributed by atoms with Crippen molar-refractivity contribution in [3.8, 4) is 0 Å². The summed E-state index contributed by atoms with van der Waals surface area (Å²) in [5.74, 6) is 0.840. The fraction of sp³-hybridized carbons (Fsp3) is 0.857. The van der Waals surface area contributed by atoms with Crippen LogP contribution in [-0.4, -0.2) is 41.3 Å². The number of nitrogens with zero attached hydrogens (tertiary/aromatic N) is 1. The van der Waals surface area contributed by atoms with Crippen LogP contribution in [-0.2, 0) is 10.8 Å². The van der Waals surface area contributed by atoms with Crippen molar-refractivity contribution in [1.29, 1.82) is 0 Å². The SMILES string of the molecule is CC(CNC1=NCCN1)S(C)=O. The van der Waals surface area contributed by atoms with E-state index in [-0.39, 0.29) is 5.25 Å². The van der Waals surface area contributed by atoms with Crippen LogP contribution in [0.4, 0.5) is 0 Å². The van der Waals surface area contributed by atoms with E-state index in [1.807, 2.05) is 6.92 Å². The van der Waals surface area contributed by atoms with Crippen molar-refractivity contribution in [1.82, 2.24) is 10.6 Å². The summed E-state index contributed by atoms with van der Waals surface area (Å²) in [4.78, 5) is 4.16. The van der Waals surface area contributed by atoms with E-state index in [1.165, 1.54) is 0 Å². The quantitative estimate of drug-likeness (QED) is 0.617. The minimum atomic E-state index is -0.756. The van der Waals surface area contributed by atoms with Crippen LogP contribution >= 0.6 is 0 Å². The third-order valence-electron chi connectivity index (χ3n) is 1.80. The van der Waals surface area contributed by atoms with Gasteiger partial charge in [-0.05, 0) is 6.92 Å². The molecular weight excluding hydrogens is 174 g/mol. The topological polar surface area (TPSA) is 53.5 Å². The number of guanidine groups is 1. The van der Waals surface area contributed by atoms with Gasteiger partial charge in [-0.15, -0.1) is 0 Å². The van der Waals surface area contributed by atoms with Crippen LogP contribution in [0.15, 0.2) is 4.99 Å². The summed E-state index contributed by atoms with van der Waals surface area (Å²) >= 11 is 0. The summed E-state index contributed by atoms with van der Waals surface area (Å²) in [5, 5.41) is 6.38. The molecule has 0 saturated carbocycles. The van der Waals surface area contributed by atoms with Gasteiger partial charge in [-0.1, -0.05) is 0 Å². The van der Waals surface area contributed by atoms with Gasteiger partial charge in [0.05, 0.1) is 6.54 Å². The maximum Gasteiger partial charge on any atom is 0.191 e. The molecular formula is C7H15N3OS. The highest BCUT2D eigenvalue weighted by atomic mass is 32.2. The largest absolute Gasteiger partial charge is 0.355 e. The fourth-order valence-corrected chi connectivity index (χ4v) is 1.19. The van der Waals surface area contributed by atoms with Gasteiger partial charge < -0.3 is 10.6 Å². The highest BCUT2D eigenvalue weighted by molar-refractivity contribution is 7.84. The van der Waals surface area contributed by atoms with Gasteiger partial charge in [-0.2, -0.15) is 0 Å². The number of hydrogen-bond donors (Lipinski definition) is 2. The Bertz CT molecular complexity index is 205. The van der Waals surface area contributed by atoms with Crippen molar-refractivity contribution < 1.29 is 4.21 Å². The molecule has 2 atom stereocenters. The second kappa shape index (κ2) is 4.45. The Kier molecular flexibility index (Phi) is 3.52. The third kappa shape index (κ3) is 2.81. The summed E-state index contributed by atoms with van der Waals surface area (Å²) in [6.07, 6.45) is 1.72. The molecule has 0 bridgehead atoms. The summed E-state index contributed by atoms with van der Waals surface area (Å²) in [6, 6.07) is 0. The lowest BCUT2D eigenvalue weighted by atomic mass is 10.5. The number of rotatable bonds is 3. The Morgan fingerprint density at radius 3 is 3.08 bits per heavy atom. The summed E-state index contributed by atoms with van der Waals surface area (Å²) < 4.78 is 11.0. The molecule has 2 N–H and O–H groups in total. The van der Waals surface area contributed by atoms with E-state index < -0.39 is 10.8 Å². The second-order valence-corrected chi connectivity index (χ2v) is 4.65. The van der Waals surface area contributed by atoms with E-state index in [1.54, 1.807) is 6.26 Å². The van der Waals surface area contributed by atoms with Gasteiger partial charge in [0.15, 0.2) is 5.96 Å². The van der Waals surface area contributed by atoms with E-state index in [0.717, 1.165) is 25.6 Å². The highest BCUT2D eigenvalue weighted by Gasteiger charge is 2.08. The predicted molar refractivity (Wildman–Crippen MR) is 51.8 cm³/mol. The summed E-state index contributed by atoms with van der Waals surface area (Å²) in [6.45, 7) is 4.42. The minimum absolute atomic E-state index is 0.176. The molecule has 0 fully saturated rings. The van der Waals surface area contributed by atoms with Gasteiger partial charge in [0, 0.05) is 35.4 Å². The molecule has 0 amide bonds. The van der Waals surface area contributed by atoms with E-state index in [2.05, 4.69) is 15.6 Å². The lowest BCUT2D eigenvalue weighted by Gasteiger charge is -2.10. The Morgan fingerprint density at radius 2 is 2.58 bits per heavy atom. The number of aliphatic imine (C=N–C) groups is 1. The zero-order valence-corrected chi connectivity index (χ0v) is 8.28. The van der Waals surface area contributed by atoms with Crippen molar-refractivity contribution in [2.75, 3.05) is 25.9 Å². The normalized spacial score (nSPS) is 21.0. The average Bonchev–Trinajstić information content (AvgIpc) is 2.51. The molecule has 1 heterocycles. The van der Waals surface area contributed by atoms with Gasteiger partial charge in [0.1, 0.15) is 0 Å². The molecule has 1 aliphatic heterocycles. The Labute approximate surface area is 75.3 Å². The molecule has 0 radical (unpaired) electrons. The van der Waals surface area contributed by atoms with Gasteiger partial charge in [-0.3, -0.25) is 9.20 Å². The number of hydrogen-bond acceptors (Lipinski definition) is 4. The van der Waals surface area contributed by atoms with Crippen molar-refractivity contribution in [2.24, 2.45) is 4.99 Å². The zero-order chi connectivity index (χ0) is 8.97. The maximum absolute atomic E-state index is 11.0. The van der Waals surface area contributed by atoms with Gasteiger partial charge in [-0.25, -0.2) is 0 Å². The lowest BCUT2D eigenvalue weighted by Crippen LogP contribution is -2.38. The lowest BCUT2D eigenvalue weighted by molar-refractivity contribution is 0.673. The molecule has 2 unspecified atom stereocenters. The molecule has 1 rings (SSSR count). The van der Waals surface area contributed by atoms with Crippen LogP contribution < -0.4 is 10.6 Å². The van der Waals surface area contributed by atoms with Crippen molar-refractivity contribution in [3.05, 3.63) is 0 Å². The first-order valence-electron chi connectivity index (χ1n) is 4.04. The van der Waals surface area contributed by atoms with Crippen LogP contribution in [0.1, 0.15) is 6.92 Å². The smallest absolute Gasteiger partial charge is 0.191 e. The summed E-state index contributed by atoms with van der Waals surface area (Å²) in [5.41, 5.74) is 0. The Morgan fingerprint density at radius 1 is 1.83 bits per heavy atom. The van der Waals surface area contributed by atoms with Crippen LogP contribution in [0.2, 0.25) is 0 Å². The van der Waals surface area contributed by atoms with E-state index in [0.29, 0.717) is 0 Å². The Hall–Kier alpha value is -0.580. The molecule has 70 valence electrons. The molecule has 4 nitrogen and oxygen atoms in total. The van der Waals surface area contributed by atoms with Crippen LogP contribution in [0, 0.1) is 0 Å². The molecule has 12 heavy (non-hydrogen) atoms. The van der Waals surface area contributed by atoms with Crippen molar-refractivity contribution in [3.63, 3.8) is 0 Å². The molecule has 0 spiro atoms. The first-order chi connectivity index (χ1) is 5.70. The predicted octanol–water partition coefficient (Wildman–Crippen LogP) is -0.698. The first kappa shape index (κ1) is 9.51. The number of nitrogens with one attached hydrogen (secondary N) is 2. The maximum atomic E-state index is 11.0. The van der Waals surface area contributed by atoms with Crippen LogP contribution in [0.25, 0.3) is 0 Å². The molecule has 0 aromatic carbocycles. The van der Waals surface area contributed by atoms with E-state index in [4.69, 9.17) is 0 Å². The zero-order valence-electron chi connectivity index (χ0n) is 7.46. The van der Waals surface area contributed by atoms with Crippen LogP contribution in [0.5, 0.6) is 0 Å². The minimum Gasteiger partial charge on any atom is -0.355 e. The molecule has 0 aliphatic carbocycles. The average molecular weight is 189 g/mol. The van der Waals surface area contributed by atoms with Crippen molar-refractivity contribution >= 4 is 16.8 Å². The molecule has 0 aromatic heterocycles. The van der Waals surface area contributed by atoms with Gasteiger partial charge in [0.25, 0.3) is 0 Å². The second-order valence-electron chi connectivity index (χ2n) is 2.85. The third-order valence-corrected chi connectivity index (χ3v) is 3.10. The fourth-order valence-electron chi connectivity index (χ4n) is 0.874. The monoisotopic (exact) mass is 189 g/mol. The van der Waals surface area contributed by atoms with Crippen LogP contribution in [0.3, 0.4) is 0 Å². The standard InChI is InChI=1S/C7H15N3OS/c1-6(12(2)11)5-10-7-8-3-4-9-7/h6H,3-5H2,1-2H3,(H2,8,9,10). The first-order valence-corrected chi connectivity index (χ1v) is 5.66.